The Morgan fingerprint density at radius 1 is 1.64 bits per heavy atom. The monoisotopic (exact) mass is 176 g/mol. The van der Waals surface area contributed by atoms with E-state index in [1.54, 1.807) is 13.8 Å². The van der Waals surface area contributed by atoms with Crippen LogP contribution < -0.4 is 9.44 Å². The van der Waals surface area contributed by atoms with E-state index in [1.807, 2.05) is 0 Å². The summed E-state index contributed by atoms with van der Waals surface area (Å²) in [7, 11) is -3.39. The van der Waals surface area contributed by atoms with Crippen LogP contribution in [-0.2, 0) is 10.2 Å². The van der Waals surface area contributed by atoms with Gasteiger partial charge in [0, 0.05) is 6.54 Å². The summed E-state index contributed by atoms with van der Waals surface area (Å²) in [5.41, 5.74) is 0. The number of hydrogen-bond acceptors (Lipinski definition) is 2. The molecule has 0 aromatic heterocycles. The topological polar surface area (TPSA) is 58.2 Å². The average Bonchev–Trinajstić information content (AvgIpc) is 1.86. The van der Waals surface area contributed by atoms with E-state index in [1.165, 1.54) is 0 Å². The first-order valence-corrected chi connectivity index (χ1v) is 4.73. The van der Waals surface area contributed by atoms with Crippen LogP contribution in [0.3, 0.4) is 0 Å². The molecule has 0 spiro atoms. The lowest BCUT2D eigenvalue weighted by Gasteiger charge is -2.07. The molecule has 0 heterocycles. The molecule has 0 radical (unpaired) electrons. The molecule has 1 atom stereocenters. The molecule has 0 aromatic rings. The maximum atomic E-state index is 10.9. The Hall–Kier alpha value is -0.570. The lowest BCUT2D eigenvalue weighted by atomic mass is 10.4. The Kier molecular flexibility index (Phi) is 4.11. The van der Waals surface area contributed by atoms with Crippen LogP contribution in [0, 0.1) is 12.3 Å². The molecule has 0 fully saturated rings. The number of hydrogen-bond donors (Lipinski definition) is 2. The SMILES string of the molecule is C#CC(C)NS(=O)(=O)NCC. The molecule has 1 unspecified atom stereocenters. The fourth-order valence-electron chi connectivity index (χ4n) is 0.498. The highest BCUT2D eigenvalue weighted by atomic mass is 32.2. The van der Waals surface area contributed by atoms with Gasteiger partial charge in [-0.1, -0.05) is 12.8 Å². The minimum atomic E-state index is -3.39. The molecule has 0 aromatic carbocycles. The van der Waals surface area contributed by atoms with Crippen LogP contribution >= 0.6 is 0 Å². The zero-order valence-electron chi connectivity index (χ0n) is 6.59. The minimum Gasteiger partial charge on any atom is -0.203 e. The summed E-state index contributed by atoms with van der Waals surface area (Å²) in [5, 5.41) is 0. The highest BCUT2D eigenvalue weighted by Crippen LogP contribution is 1.81. The quantitative estimate of drug-likeness (QED) is 0.565. The van der Waals surface area contributed by atoms with Gasteiger partial charge in [0.2, 0.25) is 0 Å². The van der Waals surface area contributed by atoms with Crippen molar-refractivity contribution in [3.05, 3.63) is 0 Å². The van der Waals surface area contributed by atoms with Crippen LogP contribution in [-0.4, -0.2) is 21.0 Å². The van der Waals surface area contributed by atoms with Gasteiger partial charge >= 0.3 is 0 Å². The second kappa shape index (κ2) is 4.34. The molecule has 0 bridgehead atoms. The van der Waals surface area contributed by atoms with Gasteiger partial charge < -0.3 is 0 Å². The van der Waals surface area contributed by atoms with E-state index in [9.17, 15) is 8.42 Å². The van der Waals surface area contributed by atoms with Crippen LogP contribution in [0.1, 0.15) is 13.8 Å². The standard InChI is InChI=1S/C6H12N2O2S/c1-4-6(3)8-11(9,10)7-5-2/h1,6-8H,5H2,2-3H3. The van der Waals surface area contributed by atoms with E-state index in [0.29, 0.717) is 6.54 Å². The van der Waals surface area contributed by atoms with E-state index in [4.69, 9.17) is 6.42 Å². The molecule has 0 amide bonds. The van der Waals surface area contributed by atoms with Crippen LogP contribution in [0.4, 0.5) is 0 Å². The molecule has 0 rings (SSSR count). The molecule has 0 aliphatic carbocycles. The predicted molar refractivity (Wildman–Crippen MR) is 44.0 cm³/mol. The lowest BCUT2D eigenvalue weighted by molar-refractivity contribution is 0.565. The molecule has 11 heavy (non-hydrogen) atoms. The molecule has 4 nitrogen and oxygen atoms in total. The Morgan fingerprint density at radius 2 is 2.18 bits per heavy atom. The van der Waals surface area contributed by atoms with Crippen molar-refractivity contribution in [1.29, 1.82) is 0 Å². The third-order valence-corrected chi connectivity index (χ3v) is 2.25. The second-order valence-corrected chi connectivity index (χ2v) is 3.54. The van der Waals surface area contributed by atoms with Crippen molar-refractivity contribution in [3.8, 4) is 12.3 Å². The van der Waals surface area contributed by atoms with Crippen molar-refractivity contribution in [2.24, 2.45) is 0 Å². The van der Waals surface area contributed by atoms with Crippen molar-refractivity contribution in [2.75, 3.05) is 6.54 Å². The third kappa shape index (κ3) is 4.79. The summed E-state index contributed by atoms with van der Waals surface area (Å²) in [5.74, 6) is 2.25. The number of terminal acetylenes is 1. The maximum absolute atomic E-state index is 10.9. The summed E-state index contributed by atoms with van der Waals surface area (Å²) in [6.45, 7) is 3.64. The van der Waals surface area contributed by atoms with Gasteiger partial charge in [-0.2, -0.15) is 13.1 Å². The fourth-order valence-corrected chi connectivity index (χ4v) is 1.50. The summed E-state index contributed by atoms with van der Waals surface area (Å²) in [6.07, 6.45) is 4.97. The van der Waals surface area contributed by atoms with Gasteiger partial charge in [0.05, 0.1) is 6.04 Å². The molecular formula is C6H12N2O2S. The van der Waals surface area contributed by atoms with Gasteiger partial charge in [0.15, 0.2) is 0 Å². The first-order chi connectivity index (χ1) is 5.02. The van der Waals surface area contributed by atoms with E-state index >= 15 is 0 Å². The van der Waals surface area contributed by atoms with Crippen molar-refractivity contribution < 1.29 is 8.42 Å². The van der Waals surface area contributed by atoms with E-state index in [-0.39, 0.29) is 0 Å². The van der Waals surface area contributed by atoms with E-state index in [0.717, 1.165) is 0 Å². The molecule has 0 saturated carbocycles. The Labute approximate surface area is 67.6 Å². The van der Waals surface area contributed by atoms with Crippen molar-refractivity contribution in [2.45, 2.75) is 19.9 Å². The zero-order chi connectivity index (χ0) is 8.91. The highest BCUT2D eigenvalue weighted by molar-refractivity contribution is 7.87. The largest absolute Gasteiger partial charge is 0.277 e. The normalized spacial score (nSPS) is 13.9. The van der Waals surface area contributed by atoms with Crippen LogP contribution in [0.5, 0.6) is 0 Å². The smallest absolute Gasteiger partial charge is 0.203 e. The van der Waals surface area contributed by atoms with Crippen LogP contribution in [0.2, 0.25) is 0 Å². The average molecular weight is 176 g/mol. The number of nitrogens with one attached hydrogen (secondary N) is 2. The molecule has 0 saturated heterocycles. The molecule has 0 aliphatic rings. The highest BCUT2D eigenvalue weighted by Gasteiger charge is 2.09. The van der Waals surface area contributed by atoms with E-state index in [2.05, 4.69) is 15.4 Å². The summed E-state index contributed by atoms with van der Waals surface area (Å²) >= 11 is 0. The van der Waals surface area contributed by atoms with Gasteiger partial charge in [-0.3, -0.25) is 0 Å². The molecule has 2 N–H and O–H groups in total. The van der Waals surface area contributed by atoms with Crippen molar-refractivity contribution >= 4 is 10.2 Å². The second-order valence-electron chi connectivity index (χ2n) is 2.01. The van der Waals surface area contributed by atoms with Crippen LogP contribution in [0.25, 0.3) is 0 Å². The Balaban J connectivity index is 4.05. The van der Waals surface area contributed by atoms with Crippen LogP contribution in [0.15, 0.2) is 0 Å². The van der Waals surface area contributed by atoms with Gasteiger partial charge in [-0.25, -0.2) is 4.72 Å². The zero-order valence-corrected chi connectivity index (χ0v) is 7.40. The number of rotatable bonds is 4. The molecular weight excluding hydrogens is 164 g/mol. The Morgan fingerprint density at radius 3 is 2.55 bits per heavy atom. The van der Waals surface area contributed by atoms with Gasteiger partial charge in [0.1, 0.15) is 0 Å². The summed E-state index contributed by atoms with van der Waals surface area (Å²) in [4.78, 5) is 0. The van der Waals surface area contributed by atoms with Gasteiger partial charge in [-0.15, -0.1) is 6.42 Å². The maximum Gasteiger partial charge on any atom is 0.277 e. The predicted octanol–water partition coefficient (Wildman–Crippen LogP) is -0.548. The Bertz CT molecular complexity index is 240. The molecule has 0 aliphatic heterocycles. The summed E-state index contributed by atoms with van der Waals surface area (Å²) < 4.78 is 26.2. The summed E-state index contributed by atoms with van der Waals surface area (Å²) in [6, 6.07) is -0.473. The van der Waals surface area contributed by atoms with Crippen molar-refractivity contribution in [1.82, 2.24) is 9.44 Å². The fraction of sp³-hybridized carbons (Fsp3) is 0.667. The van der Waals surface area contributed by atoms with Gasteiger partial charge in [-0.05, 0) is 6.92 Å². The third-order valence-electron chi connectivity index (χ3n) is 0.916. The van der Waals surface area contributed by atoms with Crippen molar-refractivity contribution in [3.63, 3.8) is 0 Å². The van der Waals surface area contributed by atoms with Gasteiger partial charge in [0.25, 0.3) is 10.2 Å². The first-order valence-electron chi connectivity index (χ1n) is 3.25. The van der Waals surface area contributed by atoms with E-state index < -0.39 is 16.3 Å². The first kappa shape index (κ1) is 10.4. The lowest BCUT2D eigenvalue weighted by Crippen LogP contribution is -2.40. The minimum absolute atomic E-state index is 0.354. The molecule has 5 heteroatoms. The molecule has 64 valence electrons.